The van der Waals surface area contributed by atoms with E-state index >= 15 is 0 Å². The molecular weight excluding hydrogens is 338 g/mol. The highest BCUT2D eigenvalue weighted by atomic mass is 32.2. The Balaban J connectivity index is 1.56. The number of nitrogens with zero attached hydrogens (tertiary/aromatic N) is 3. The SMILES string of the molecule is Cn1cc(NC(=O)C2CSCN2C(=O)c2c[nH]c3ccccc23)cn1. The van der Waals surface area contributed by atoms with E-state index in [4.69, 9.17) is 0 Å². The van der Waals surface area contributed by atoms with E-state index < -0.39 is 6.04 Å². The van der Waals surface area contributed by atoms with Gasteiger partial charge in [0.2, 0.25) is 5.91 Å². The number of fused-ring (bicyclic) bond motifs is 1. The summed E-state index contributed by atoms with van der Waals surface area (Å²) >= 11 is 1.58. The van der Waals surface area contributed by atoms with Gasteiger partial charge in [-0.1, -0.05) is 18.2 Å². The number of hydrogen-bond donors (Lipinski definition) is 2. The van der Waals surface area contributed by atoms with Crippen LogP contribution in [0.15, 0.2) is 42.9 Å². The van der Waals surface area contributed by atoms with Crippen molar-refractivity contribution in [3.8, 4) is 0 Å². The van der Waals surface area contributed by atoms with E-state index in [9.17, 15) is 9.59 Å². The molecule has 128 valence electrons. The normalized spacial score (nSPS) is 17.2. The zero-order chi connectivity index (χ0) is 17.4. The number of thioether (sulfide) groups is 1. The van der Waals surface area contributed by atoms with E-state index in [1.807, 2.05) is 24.3 Å². The van der Waals surface area contributed by atoms with Crippen LogP contribution in [0.4, 0.5) is 5.69 Å². The number of amides is 2. The van der Waals surface area contributed by atoms with Gasteiger partial charge < -0.3 is 15.2 Å². The van der Waals surface area contributed by atoms with Gasteiger partial charge in [-0.05, 0) is 6.07 Å². The Bertz CT molecular complexity index is 947. The van der Waals surface area contributed by atoms with E-state index in [0.717, 1.165) is 10.9 Å². The van der Waals surface area contributed by atoms with Crippen molar-refractivity contribution in [3.05, 3.63) is 48.4 Å². The van der Waals surface area contributed by atoms with Crippen LogP contribution in [0, 0.1) is 0 Å². The fourth-order valence-electron chi connectivity index (χ4n) is 2.97. The zero-order valence-corrected chi connectivity index (χ0v) is 14.4. The van der Waals surface area contributed by atoms with E-state index in [2.05, 4.69) is 15.4 Å². The molecule has 0 spiro atoms. The Labute approximate surface area is 148 Å². The predicted molar refractivity (Wildman–Crippen MR) is 97.4 cm³/mol. The summed E-state index contributed by atoms with van der Waals surface area (Å²) in [6.07, 6.45) is 5.03. The molecule has 0 radical (unpaired) electrons. The first-order valence-electron chi connectivity index (χ1n) is 7.88. The lowest BCUT2D eigenvalue weighted by Crippen LogP contribution is -2.44. The molecule has 2 amide bonds. The third-order valence-corrected chi connectivity index (χ3v) is 5.25. The van der Waals surface area contributed by atoms with Gasteiger partial charge in [0.25, 0.3) is 5.91 Å². The summed E-state index contributed by atoms with van der Waals surface area (Å²) in [5.41, 5.74) is 2.13. The topological polar surface area (TPSA) is 83.0 Å². The lowest BCUT2D eigenvalue weighted by molar-refractivity contribution is -0.119. The quantitative estimate of drug-likeness (QED) is 0.753. The molecule has 0 aliphatic carbocycles. The second-order valence-electron chi connectivity index (χ2n) is 5.93. The molecule has 25 heavy (non-hydrogen) atoms. The first-order valence-corrected chi connectivity index (χ1v) is 9.03. The molecule has 1 unspecified atom stereocenters. The van der Waals surface area contributed by atoms with Gasteiger partial charge in [0.05, 0.1) is 23.3 Å². The number of H-pyrrole nitrogens is 1. The van der Waals surface area contributed by atoms with E-state index in [0.29, 0.717) is 22.9 Å². The Morgan fingerprint density at radius 3 is 3.00 bits per heavy atom. The summed E-state index contributed by atoms with van der Waals surface area (Å²) in [6, 6.07) is 7.16. The summed E-state index contributed by atoms with van der Waals surface area (Å²) in [7, 11) is 1.79. The Morgan fingerprint density at radius 1 is 1.36 bits per heavy atom. The van der Waals surface area contributed by atoms with Crippen molar-refractivity contribution in [2.75, 3.05) is 16.9 Å². The molecule has 1 aliphatic rings. The van der Waals surface area contributed by atoms with Crippen LogP contribution in [-0.4, -0.2) is 49.2 Å². The van der Waals surface area contributed by atoms with Gasteiger partial charge in [-0.3, -0.25) is 14.3 Å². The fraction of sp³-hybridized carbons (Fsp3) is 0.235. The molecule has 3 heterocycles. The number of benzene rings is 1. The van der Waals surface area contributed by atoms with Crippen LogP contribution in [0.25, 0.3) is 10.9 Å². The number of carbonyl (C=O) groups is 2. The van der Waals surface area contributed by atoms with Crippen molar-refractivity contribution in [3.63, 3.8) is 0 Å². The number of aromatic nitrogens is 3. The molecule has 0 bridgehead atoms. The molecule has 3 aromatic rings. The minimum atomic E-state index is -0.494. The fourth-order valence-corrected chi connectivity index (χ4v) is 4.13. The summed E-state index contributed by atoms with van der Waals surface area (Å²) in [4.78, 5) is 30.3. The van der Waals surface area contributed by atoms with Crippen molar-refractivity contribution in [1.82, 2.24) is 19.7 Å². The van der Waals surface area contributed by atoms with E-state index in [-0.39, 0.29) is 11.8 Å². The van der Waals surface area contributed by atoms with Gasteiger partial charge >= 0.3 is 0 Å². The van der Waals surface area contributed by atoms with E-state index in [1.54, 1.807) is 47.0 Å². The van der Waals surface area contributed by atoms with Gasteiger partial charge in [-0.2, -0.15) is 5.10 Å². The monoisotopic (exact) mass is 355 g/mol. The minimum Gasteiger partial charge on any atom is -0.360 e. The number of nitrogens with one attached hydrogen (secondary N) is 2. The number of rotatable bonds is 3. The lowest BCUT2D eigenvalue weighted by atomic mass is 10.1. The highest BCUT2D eigenvalue weighted by Crippen LogP contribution is 2.27. The third kappa shape index (κ3) is 2.89. The van der Waals surface area contributed by atoms with Crippen molar-refractivity contribution >= 4 is 40.2 Å². The Hall–Kier alpha value is -2.74. The number of aromatic amines is 1. The van der Waals surface area contributed by atoms with Gasteiger partial charge in [0.15, 0.2) is 0 Å². The molecule has 1 fully saturated rings. The van der Waals surface area contributed by atoms with Crippen LogP contribution >= 0.6 is 11.8 Å². The molecule has 2 aromatic heterocycles. The maximum atomic E-state index is 13.0. The number of carbonyl (C=O) groups excluding carboxylic acids is 2. The number of aryl methyl sites for hydroxylation is 1. The average molecular weight is 355 g/mol. The van der Waals surface area contributed by atoms with Crippen LogP contribution in [0.2, 0.25) is 0 Å². The van der Waals surface area contributed by atoms with Gasteiger partial charge in [0.1, 0.15) is 6.04 Å². The first kappa shape index (κ1) is 15.8. The molecule has 1 aliphatic heterocycles. The van der Waals surface area contributed by atoms with Crippen LogP contribution in [-0.2, 0) is 11.8 Å². The second-order valence-corrected chi connectivity index (χ2v) is 6.93. The molecule has 1 saturated heterocycles. The predicted octanol–water partition coefficient (Wildman–Crippen LogP) is 2.06. The summed E-state index contributed by atoms with van der Waals surface area (Å²) in [5, 5.41) is 7.74. The maximum Gasteiger partial charge on any atom is 0.257 e. The minimum absolute atomic E-state index is 0.131. The highest BCUT2D eigenvalue weighted by molar-refractivity contribution is 7.99. The lowest BCUT2D eigenvalue weighted by Gasteiger charge is -2.22. The molecule has 4 rings (SSSR count). The Kier molecular flexibility index (Phi) is 3.96. The molecule has 0 saturated carbocycles. The average Bonchev–Trinajstić information content (AvgIpc) is 3.33. The molecule has 1 atom stereocenters. The van der Waals surface area contributed by atoms with Crippen molar-refractivity contribution < 1.29 is 9.59 Å². The summed E-state index contributed by atoms with van der Waals surface area (Å²) in [5.74, 6) is 0.767. The number of hydrogen-bond acceptors (Lipinski definition) is 4. The smallest absolute Gasteiger partial charge is 0.257 e. The number of para-hydroxylation sites is 1. The second kappa shape index (κ2) is 6.29. The molecule has 1 aromatic carbocycles. The van der Waals surface area contributed by atoms with Crippen LogP contribution in [0.3, 0.4) is 0 Å². The number of anilines is 1. The van der Waals surface area contributed by atoms with E-state index in [1.165, 1.54) is 0 Å². The van der Waals surface area contributed by atoms with Gasteiger partial charge in [-0.15, -0.1) is 11.8 Å². The summed E-state index contributed by atoms with van der Waals surface area (Å²) < 4.78 is 1.62. The standard InChI is InChI=1S/C17H17N5O2S/c1-21-8-11(6-19-21)20-16(23)15-9-25-10-22(15)17(24)13-7-18-14-5-3-2-4-12(13)14/h2-8,15,18H,9-10H2,1H3,(H,20,23). The molecule has 8 heteroatoms. The molecular formula is C17H17N5O2S. The molecule has 2 N–H and O–H groups in total. The van der Waals surface area contributed by atoms with Crippen molar-refractivity contribution in [2.45, 2.75) is 6.04 Å². The zero-order valence-electron chi connectivity index (χ0n) is 13.6. The third-order valence-electron chi connectivity index (χ3n) is 4.24. The van der Waals surface area contributed by atoms with Crippen LogP contribution in [0.5, 0.6) is 0 Å². The molecule has 7 nitrogen and oxygen atoms in total. The van der Waals surface area contributed by atoms with Crippen molar-refractivity contribution in [2.24, 2.45) is 7.05 Å². The van der Waals surface area contributed by atoms with Crippen molar-refractivity contribution in [1.29, 1.82) is 0 Å². The van der Waals surface area contributed by atoms with Crippen LogP contribution in [0.1, 0.15) is 10.4 Å². The first-order chi connectivity index (χ1) is 12.1. The largest absolute Gasteiger partial charge is 0.360 e. The maximum absolute atomic E-state index is 13.0. The van der Waals surface area contributed by atoms with Crippen LogP contribution < -0.4 is 5.32 Å². The highest BCUT2D eigenvalue weighted by Gasteiger charge is 2.36. The van der Waals surface area contributed by atoms with Gasteiger partial charge in [-0.25, -0.2) is 0 Å². The summed E-state index contributed by atoms with van der Waals surface area (Å²) in [6.45, 7) is 0. The Morgan fingerprint density at radius 2 is 2.20 bits per heavy atom. The van der Waals surface area contributed by atoms with Gasteiger partial charge in [0, 0.05) is 36.1 Å².